The van der Waals surface area contributed by atoms with Crippen LogP contribution in [-0.2, 0) is 6.42 Å². The number of rotatable bonds is 2. The van der Waals surface area contributed by atoms with Gasteiger partial charge < -0.3 is 15.2 Å². The Kier molecular flexibility index (Phi) is 2.56. The van der Waals surface area contributed by atoms with E-state index in [4.69, 9.17) is 10.3 Å². The van der Waals surface area contributed by atoms with E-state index in [1.54, 1.807) is 0 Å². The highest BCUT2D eigenvalue weighted by atomic mass is 16.5. The molecule has 1 heterocycles. The highest BCUT2D eigenvalue weighted by Crippen LogP contribution is 2.35. The molecule has 0 aromatic carbocycles. The fourth-order valence-corrected chi connectivity index (χ4v) is 2.16. The van der Waals surface area contributed by atoms with Gasteiger partial charge in [0.1, 0.15) is 5.76 Å². The van der Waals surface area contributed by atoms with Crippen LogP contribution in [0.25, 0.3) is 0 Å². The van der Waals surface area contributed by atoms with Crippen LogP contribution in [-0.4, -0.2) is 30.7 Å². The standard InChI is InChI=1S/C10H17N3O/c1-13(2)9-3-7(5-11)4-10-8(9)6-12-14-10/h6-7,9H,3-5,11H2,1-2H3. The molecule has 0 saturated heterocycles. The summed E-state index contributed by atoms with van der Waals surface area (Å²) in [7, 11) is 4.17. The van der Waals surface area contributed by atoms with Gasteiger partial charge in [-0.1, -0.05) is 5.16 Å². The average Bonchev–Trinajstić information content (AvgIpc) is 2.63. The molecule has 0 fully saturated rings. The topological polar surface area (TPSA) is 55.3 Å². The first kappa shape index (κ1) is 9.68. The molecule has 2 rings (SSSR count). The van der Waals surface area contributed by atoms with Crippen LogP contribution in [0.4, 0.5) is 0 Å². The summed E-state index contributed by atoms with van der Waals surface area (Å²) in [5.74, 6) is 1.55. The lowest BCUT2D eigenvalue weighted by molar-refractivity contribution is 0.218. The van der Waals surface area contributed by atoms with Crippen LogP contribution in [0.1, 0.15) is 23.8 Å². The van der Waals surface area contributed by atoms with Crippen molar-refractivity contribution >= 4 is 0 Å². The largest absolute Gasteiger partial charge is 0.361 e. The Labute approximate surface area is 84.0 Å². The molecule has 1 aromatic heterocycles. The normalized spacial score (nSPS) is 26.6. The van der Waals surface area contributed by atoms with E-state index >= 15 is 0 Å². The highest BCUT2D eigenvalue weighted by Gasteiger charge is 2.30. The van der Waals surface area contributed by atoms with Crippen molar-refractivity contribution in [2.24, 2.45) is 11.7 Å². The Bertz CT molecular complexity index is 308. The van der Waals surface area contributed by atoms with Crippen molar-refractivity contribution in [2.45, 2.75) is 18.9 Å². The Morgan fingerprint density at radius 2 is 2.43 bits per heavy atom. The van der Waals surface area contributed by atoms with Gasteiger partial charge in [0.2, 0.25) is 0 Å². The quantitative estimate of drug-likeness (QED) is 0.758. The molecule has 1 aliphatic carbocycles. The van der Waals surface area contributed by atoms with Crippen molar-refractivity contribution in [1.82, 2.24) is 10.1 Å². The van der Waals surface area contributed by atoms with Gasteiger partial charge in [-0.15, -0.1) is 0 Å². The maximum Gasteiger partial charge on any atom is 0.141 e. The maximum absolute atomic E-state index is 5.71. The van der Waals surface area contributed by atoms with Crippen molar-refractivity contribution in [3.05, 3.63) is 17.5 Å². The van der Waals surface area contributed by atoms with Crippen LogP contribution in [0.15, 0.2) is 10.7 Å². The Morgan fingerprint density at radius 1 is 1.64 bits per heavy atom. The molecule has 2 N–H and O–H groups in total. The van der Waals surface area contributed by atoms with E-state index in [2.05, 4.69) is 24.2 Å². The third-order valence-electron chi connectivity index (χ3n) is 3.02. The van der Waals surface area contributed by atoms with Gasteiger partial charge in [-0.3, -0.25) is 0 Å². The van der Waals surface area contributed by atoms with Gasteiger partial charge in [0.15, 0.2) is 0 Å². The third kappa shape index (κ3) is 1.55. The lowest BCUT2D eigenvalue weighted by Gasteiger charge is -2.31. The molecule has 0 aliphatic heterocycles. The molecule has 0 bridgehead atoms. The molecule has 1 aromatic rings. The Morgan fingerprint density at radius 3 is 3.07 bits per heavy atom. The third-order valence-corrected chi connectivity index (χ3v) is 3.02. The van der Waals surface area contributed by atoms with Crippen LogP contribution < -0.4 is 5.73 Å². The maximum atomic E-state index is 5.71. The van der Waals surface area contributed by atoms with Gasteiger partial charge >= 0.3 is 0 Å². The van der Waals surface area contributed by atoms with E-state index in [0.29, 0.717) is 12.0 Å². The summed E-state index contributed by atoms with van der Waals surface area (Å²) in [6.45, 7) is 0.727. The summed E-state index contributed by atoms with van der Waals surface area (Å²) in [6, 6.07) is 0.415. The van der Waals surface area contributed by atoms with Gasteiger partial charge in [0, 0.05) is 18.0 Å². The first-order valence-electron chi connectivity index (χ1n) is 5.02. The molecule has 14 heavy (non-hydrogen) atoms. The number of nitrogens with two attached hydrogens (primary N) is 1. The monoisotopic (exact) mass is 195 g/mol. The molecule has 4 nitrogen and oxygen atoms in total. The van der Waals surface area contributed by atoms with Crippen molar-refractivity contribution < 1.29 is 4.52 Å². The summed E-state index contributed by atoms with van der Waals surface area (Å²) in [4.78, 5) is 2.21. The van der Waals surface area contributed by atoms with Crippen molar-refractivity contribution in [3.63, 3.8) is 0 Å². The smallest absolute Gasteiger partial charge is 0.141 e. The molecule has 2 atom stereocenters. The SMILES string of the molecule is CN(C)C1CC(CN)Cc2oncc21. The van der Waals surface area contributed by atoms with Gasteiger partial charge in [-0.2, -0.15) is 0 Å². The van der Waals surface area contributed by atoms with Crippen LogP contribution in [0.2, 0.25) is 0 Å². The number of hydrogen-bond donors (Lipinski definition) is 1. The average molecular weight is 195 g/mol. The number of fused-ring (bicyclic) bond motifs is 1. The zero-order valence-electron chi connectivity index (χ0n) is 8.73. The molecule has 4 heteroatoms. The zero-order chi connectivity index (χ0) is 10.1. The van der Waals surface area contributed by atoms with Crippen LogP contribution in [0.5, 0.6) is 0 Å². The predicted molar refractivity (Wildman–Crippen MR) is 53.8 cm³/mol. The van der Waals surface area contributed by atoms with E-state index in [-0.39, 0.29) is 0 Å². The van der Waals surface area contributed by atoms with E-state index in [0.717, 1.165) is 25.1 Å². The predicted octanol–water partition coefficient (Wildman–Crippen LogP) is 0.798. The fourth-order valence-electron chi connectivity index (χ4n) is 2.16. The molecule has 0 spiro atoms. The minimum atomic E-state index is 0.415. The van der Waals surface area contributed by atoms with E-state index < -0.39 is 0 Å². The molecular formula is C10H17N3O. The molecule has 0 radical (unpaired) electrons. The van der Waals surface area contributed by atoms with Crippen molar-refractivity contribution in [1.29, 1.82) is 0 Å². The van der Waals surface area contributed by atoms with E-state index in [1.165, 1.54) is 5.56 Å². The molecular weight excluding hydrogens is 178 g/mol. The first-order valence-corrected chi connectivity index (χ1v) is 5.02. The molecule has 2 unspecified atom stereocenters. The second kappa shape index (κ2) is 3.71. The van der Waals surface area contributed by atoms with Crippen LogP contribution in [0.3, 0.4) is 0 Å². The van der Waals surface area contributed by atoms with Crippen LogP contribution >= 0.6 is 0 Å². The number of nitrogens with zero attached hydrogens (tertiary/aromatic N) is 2. The van der Waals surface area contributed by atoms with Gasteiger partial charge in [0.05, 0.1) is 6.20 Å². The minimum Gasteiger partial charge on any atom is -0.361 e. The highest BCUT2D eigenvalue weighted by molar-refractivity contribution is 5.22. The summed E-state index contributed by atoms with van der Waals surface area (Å²) >= 11 is 0. The van der Waals surface area contributed by atoms with E-state index in [1.807, 2.05) is 6.20 Å². The number of aromatic nitrogens is 1. The second-order valence-electron chi connectivity index (χ2n) is 4.23. The van der Waals surface area contributed by atoms with Gasteiger partial charge in [0.25, 0.3) is 0 Å². The van der Waals surface area contributed by atoms with Gasteiger partial charge in [-0.25, -0.2) is 0 Å². The number of hydrogen-bond acceptors (Lipinski definition) is 4. The van der Waals surface area contributed by atoms with Crippen molar-refractivity contribution in [2.75, 3.05) is 20.6 Å². The summed E-state index contributed by atoms with van der Waals surface area (Å²) in [6.07, 6.45) is 3.89. The fraction of sp³-hybridized carbons (Fsp3) is 0.700. The van der Waals surface area contributed by atoms with Crippen molar-refractivity contribution in [3.8, 4) is 0 Å². The summed E-state index contributed by atoms with van der Waals surface area (Å²) in [5.41, 5.74) is 6.95. The Balaban J connectivity index is 2.27. The van der Waals surface area contributed by atoms with E-state index in [9.17, 15) is 0 Å². The molecule has 78 valence electrons. The van der Waals surface area contributed by atoms with Crippen LogP contribution in [0, 0.1) is 5.92 Å². The summed E-state index contributed by atoms with van der Waals surface area (Å²) < 4.78 is 5.24. The molecule has 1 aliphatic rings. The lowest BCUT2D eigenvalue weighted by Crippen LogP contribution is -2.30. The Hall–Kier alpha value is -0.870. The lowest BCUT2D eigenvalue weighted by atomic mass is 9.84. The molecule has 0 saturated carbocycles. The first-order chi connectivity index (χ1) is 6.72. The second-order valence-corrected chi connectivity index (χ2v) is 4.23. The molecule has 0 amide bonds. The minimum absolute atomic E-state index is 0.415. The van der Waals surface area contributed by atoms with Gasteiger partial charge in [-0.05, 0) is 33.0 Å². The summed E-state index contributed by atoms with van der Waals surface area (Å²) in [5, 5.41) is 3.86. The zero-order valence-corrected chi connectivity index (χ0v) is 8.73.